The molecule has 14 heavy (non-hydrogen) atoms. The van der Waals surface area contributed by atoms with Crippen LogP contribution < -0.4 is 5.32 Å². The average Bonchev–Trinajstić information content (AvgIpc) is 2.17. The lowest BCUT2D eigenvalue weighted by molar-refractivity contribution is -0.154. The monoisotopic (exact) mass is 199 g/mol. The van der Waals surface area contributed by atoms with Crippen LogP contribution in [0.15, 0.2) is 0 Å². The van der Waals surface area contributed by atoms with Gasteiger partial charge in [0.2, 0.25) is 0 Å². The largest absolute Gasteiger partial charge is 0.373 e. The van der Waals surface area contributed by atoms with E-state index in [0.717, 1.165) is 32.1 Å². The molecule has 1 N–H and O–H groups in total. The van der Waals surface area contributed by atoms with Crippen molar-refractivity contribution in [2.45, 2.75) is 44.9 Å². The van der Waals surface area contributed by atoms with Crippen LogP contribution in [0.5, 0.6) is 0 Å². The first-order valence-electron chi connectivity index (χ1n) is 5.72. The minimum atomic E-state index is 0.298. The molecule has 0 aromatic carbocycles. The SMILES string of the molecule is CC(C)CC1CC2OCCOC2CN1. The molecule has 3 heteroatoms. The van der Waals surface area contributed by atoms with Crippen LogP contribution >= 0.6 is 0 Å². The molecule has 0 amide bonds. The zero-order chi connectivity index (χ0) is 9.97. The van der Waals surface area contributed by atoms with E-state index in [4.69, 9.17) is 9.47 Å². The smallest absolute Gasteiger partial charge is 0.0962 e. The van der Waals surface area contributed by atoms with Gasteiger partial charge in [-0.15, -0.1) is 0 Å². The summed E-state index contributed by atoms with van der Waals surface area (Å²) in [4.78, 5) is 0. The molecule has 0 saturated carbocycles. The van der Waals surface area contributed by atoms with Crippen LogP contribution in [0.25, 0.3) is 0 Å². The molecular formula is C11H21NO2. The Morgan fingerprint density at radius 1 is 1.21 bits per heavy atom. The number of ether oxygens (including phenoxy) is 2. The molecule has 0 radical (unpaired) electrons. The normalized spacial score (nSPS) is 38.4. The molecule has 0 aromatic heterocycles. The maximum Gasteiger partial charge on any atom is 0.0962 e. The summed E-state index contributed by atoms with van der Waals surface area (Å²) < 4.78 is 11.4. The molecule has 2 saturated heterocycles. The van der Waals surface area contributed by atoms with Gasteiger partial charge in [-0.25, -0.2) is 0 Å². The van der Waals surface area contributed by atoms with Crippen molar-refractivity contribution in [3.05, 3.63) is 0 Å². The zero-order valence-corrected chi connectivity index (χ0v) is 9.16. The molecule has 0 bridgehead atoms. The minimum absolute atomic E-state index is 0.298. The van der Waals surface area contributed by atoms with Crippen molar-refractivity contribution in [3.63, 3.8) is 0 Å². The van der Waals surface area contributed by atoms with Crippen molar-refractivity contribution in [1.29, 1.82) is 0 Å². The third-order valence-electron chi connectivity index (χ3n) is 3.04. The molecule has 2 rings (SSSR count). The first-order chi connectivity index (χ1) is 6.75. The fourth-order valence-corrected chi connectivity index (χ4v) is 2.42. The van der Waals surface area contributed by atoms with Gasteiger partial charge in [-0.05, 0) is 18.8 Å². The fourth-order valence-electron chi connectivity index (χ4n) is 2.42. The van der Waals surface area contributed by atoms with Gasteiger partial charge in [0.1, 0.15) is 0 Å². The Hall–Kier alpha value is -0.120. The van der Waals surface area contributed by atoms with E-state index >= 15 is 0 Å². The second kappa shape index (κ2) is 4.60. The number of hydrogen-bond acceptors (Lipinski definition) is 3. The van der Waals surface area contributed by atoms with Crippen molar-refractivity contribution in [1.82, 2.24) is 5.32 Å². The summed E-state index contributed by atoms with van der Waals surface area (Å²) in [6.45, 7) is 7.04. The molecule has 2 heterocycles. The lowest BCUT2D eigenvalue weighted by Crippen LogP contribution is -2.54. The van der Waals surface area contributed by atoms with Gasteiger partial charge in [-0.1, -0.05) is 13.8 Å². The Labute approximate surface area is 86.2 Å². The molecule has 82 valence electrons. The van der Waals surface area contributed by atoms with Gasteiger partial charge in [-0.3, -0.25) is 0 Å². The van der Waals surface area contributed by atoms with E-state index in [1.807, 2.05) is 0 Å². The fraction of sp³-hybridized carbons (Fsp3) is 1.00. The van der Waals surface area contributed by atoms with E-state index in [1.165, 1.54) is 6.42 Å². The Balaban J connectivity index is 1.83. The third-order valence-corrected chi connectivity index (χ3v) is 3.04. The maximum absolute atomic E-state index is 5.73. The third kappa shape index (κ3) is 2.47. The van der Waals surface area contributed by atoms with Gasteiger partial charge < -0.3 is 14.8 Å². The second-order valence-electron chi connectivity index (χ2n) is 4.79. The minimum Gasteiger partial charge on any atom is -0.373 e. The quantitative estimate of drug-likeness (QED) is 0.724. The molecule has 0 spiro atoms. The highest BCUT2D eigenvalue weighted by Gasteiger charge is 2.33. The number of fused-ring (bicyclic) bond motifs is 1. The van der Waals surface area contributed by atoms with E-state index in [1.54, 1.807) is 0 Å². The summed E-state index contributed by atoms with van der Waals surface area (Å²) in [5.74, 6) is 0.758. The summed E-state index contributed by atoms with van der Waals surface area (Å²) in [5.41, 5.74) is 0. The van der Waals surface area contributed by atoms with Crippen LogP contribution in [-0.4, -0.2) is 38.0 Å². The lowest BCUT2D eigenvalue weighted by atomic mass is 9.92. The zero-order valence-electron chi connectivity index (χ0n) is 9.16. The van der Waals surface area contributed by atoms with Crippen LogP contribution in [-0.2, 0) is 9.47 Å². The topological polar surface area (TPSA) is 30.5 Å². The highest BCUT2D eigenvalue weighted by atomic mass is 16.6. The standard InChI is InChI=1S/C11H21NO2/c1-8(2)5-9-6-10-11(7-12-9)14-4-3-13-10/h8-12H,3-7H2,1-2H3. The summed E-state index contributed by atoms with van der Waals surface area (Å²) >= 11 is 0. The average molecular weight is 199 g/mol. The molecule has 3 atom stereocenters. The van der Waals surface area contributed by atoms with Gasteiger partial charge >= 0.3 is 0 Å². The van der Waals surface area contributed by atoms with Crippen LogP contribution in [0.1, 0.15) is 26.7 Å². The van der Waals surface area contributed by atoms with Crippen molar-refractivity contribution >= 4 is 0 Å². The van der Waals surface area contributed by atoms with Crippen molar-refractivity contribution in [2.24, 2.45) is 5.92 Å². The number of nitrogens with one attached hydrogen (secondary N) is 1. The van der Waals surface area contributed by atoms with Crippen LogP contribution in [0.2, 0.25) is 0 Å². The van der Waals surface area contributed by atoms with Gasteiger partial charge in [0.15, 0.2) is 0 Å². The predicted octanol–water partition coefficient (Wildman–Crippen LogP) is 1.18. The van der Waals surface area contributed by atoms with Crippen LogP contribution in [0.3, 0.4) is 0 Å². The summed E-state index contributed by atoms with van der Waals surface area (Å²) in [6.07, 6.45) is 3.00. The summed E-state index contributed by atoms with van der Waals surface area (Å²) in [7, 11) is 0. The highest BCUT2D eigenvalue weighted by Crippen LogP contribution is 2.22. The van der Waals surface area contributed by atoms with E-state index in [2.05, 4.69) is 19.2 Å². The molecular weight excluding hydrogens is 178 g/mol. The Kier molecular flexibility index (Phi) is 3.42. The summed E-state index contributed by atoms with van der Waals surface area (Å²) in [6, 6.07) is 0.623. The first kappa shape index (κ1) is 10.4. The molecule has 2 aliphatic rings. The van der Waals surface area contributed by atoms with Crippen molar-refractivity contribution in [3.8, 4) is 0 Å². The summed E-state index contributed by atoms with van der Waals surface area (Å²) in [5, 5.41) is 3.54. The van der Waals surface area contributed by atoms with Crippen LogP contribution in [0.4, 0.5) is 0 Å². The van der Waals surface area contributed by atoms with Crippen LogP contribution in [0, 0.1) is 5.92 Å². The van der Waals surface area contributed by atoms with E-state index in [-0.39, 0.29) is 0 Å². The molecule has 3 unspecified atom stereocenters. The molecule has 0 aromatic rings. The van der Waals surface area contributed by atoms with E-state index in [0.29, 0.717) is 18.2 Å². The van der Waals surface area contributed by atoms with Gasteiger partial charge in [-0.2, -0.15) is 0 Å². The van der Waals surface area contributed by atoms with E-state index < -0.39 is 0 Å². The van der Waals surface area contributed by atoms with Crippen molar-refractivity contribution in [2.75, 3.05) is 19.8 Å². The van der Waals surface area contributed by atoms with Crippen molar-refractivity contribution < 1.29 is 9.47 Å². The molecule has 2 fully saturated rings. The van der Waals surface area contributed by atoms with E-state index in [9.17, 15) is 0 Å². The maximum atomic E-state index is 5.73. The highest BCUT2D eigenvalue weighted by molar-refractivity contribution is 4.88. The number of hydrogen-bond donors (Lipinski definition) is 1. The number of piperidine rings is 1. The molecule has 2 aliphatic heterocycles. The van der Waals surface area contributed by atoms with Gasteiger partial charge in [0.25, 0.3) is 0 Å². The Morgan fingerprint density at radius 2 is 1.93 bits per heavy atom. The Bertz CT molecular complexity index is 184. The second-order valence-corrected chi connectivity index (χ2v) is 4.79. The predicted molar refractivity (Wildman–Crippen MR) is 55.3 cm³/mol. The lowest BCUT2D eigenvalue weighted by Gasteiger charge is -2.40. The molecule has 0 aliphatic carbocycles. The number of rotatable bonds is 2. The first-order valence-corrected chi connectivity index (χ1v) is 5.72. The van der Waals surface area contributed by atoms with Gasteiger partial charge in [0.05, 0.1) is 25.4 Å². The molecule has 3 nitrogen and oxygen atoms in total. The van der Waals surface area contributed by atoms with Gasteiger partial charge in [0, 0.05) is 12.6 Å². The Morgan fingerprint density at radius 3 is 2.64 bits per heavy atom.